The summed E-state index contributed by atoms with van der Waals surface area (Å²) in [5, 5.41) is 3.36. The first-order valence-corrected chi connectivity index (χ1v) is 11.3. The van der Waals surface area contributed by atoms with Crippen LogP contribution >= 0.6 is 0 Å². The summed E-state index contributed by atoms with van der Waals surface area (Å²) in [6.07, 6.45) is 7.35. The van der Waals surface area contributed by atoms with Gasteiger partial charge < -0.3 is 14.8 Å². The normalized spacial score (nSPS) is 22.5. The van der Waals surface area contributed by atoms with Crippen LogP contribution in [0.3, 0.4) is 0 Å². The van der Waals surface area contributed by atoms with Crippen LogP contribution < -0.4 is 10.1 Å². The van der Waals surface area contributed by atoms with E-state index in [9.17, 15) is 9.59 Å². The highest BCUT2D eigenvalue weighted by molar-refractivity contribution is 6.04. The molecule has 0 bridgehead atoms. The Morgan fingerprint density at radius 1 is 1.10 bits per heavy atom. The average Bonchev–Trinajstić information content (AvgIpc) is 2.74. The maximum absolute atomic E-state index is 13.4. The van der Waals surface area contributed by atoms with Gasteiger partial charge in [0.05, 0.1) is 18.1 Å². The molecule has 160 valence electrons. The molecule has 1 aromatic carbocycles. The molecule has 3 aliphatic rings. The molecule has 1 atom stereocenters. The Bertz CT molecular complexity index is 892. The van der Waals surface area contributed by atoms with Crippen molar-refractivity contribution in [3.05, 3.63) is 52.4 Å². The minimum absolute atomic E-state index is 0.0354. The van der Waals surface area contributed by atoms with E-state index in [4.69, 9.17) is 9.47 Å². The largest absolute Gasteiger partial charge is 0.494 e. The molecule has 4 rings (SSSR count). The number of nitrogens with one attached hydrogen (secondary N) is 1. The summed E-state index contributed by atoms with van der Waals surface area (Å²) in [5.41, 5.74) is 3.82. The number of benzene rings is 1. The minimum atomic E-state index is -0.451. The molecule has 2 aliphatic carbocycles. The minimum Gasteiger partial charge on any atom is -0.494 e. The highest BCUT2D eigenvalue weighted by Gasteiger charge is 2.40. The van der Waals surface area contributed by atoms with Gasteiger partial charge in [-0.25, -0.2) is 4.79 Å². The molecule has 0 radical (unpaired) electrons. The van der Waals surface area contributed by atoms with Crippen molar-refractivity contribution in [3.63, 3.8) is 0 Å². The highest BCUT2D eigenvalue weighted by atomic mass is 16.5. The molecule has 0 amide bonds. The summed E-state index contributed by atoms with van der Waals surface area (Å²) in [6.45, 7) is 4.37. The first kappa shape index (κ1) is 20.7. The Balaban J connectivity index is 1.77. The van der Waals surface area contributed by atoms with Crippen LogP contribution in [-0.4, -0.2) is 24.5 Å². The van der Waals surface area contributed by atoms with E-state index in [1.54, 1.807) is 0 Å². The van der Waals surface area contributed by atoms with Crippen molar-refractivity contribution >= 4 is 11.8 Å². The molecular weight excluding hydrogens is 378 g/mol. The number of rotatable bonds is 5. The van der Waals surface area contributed by atoms with Crippen molar-refractivity contribution in [1.29, 1.82) is 0 Å². The zero-order chi connectivity index (χ0) is 21.1. The molecular formula is C25H31NO4. The smallest absolute Gasteiger partial charge is 0.337 e. The van der Waals surface area contributed by atoms with E-state index in [2.05, 4.69) is 5.32 Å². The van der Waals surface area contributed by atoms with Gasteiger partial charge in [-0.1, -0.05) is 24.6 Å². The Kier molecular flexibility index (Phi) is 6.26. The molecule has 1 fully saturated rings. The summed E-state index contributed by atoms with van der Waals surface area (Å²) >= 11 is 0. The lowest BCUT2D eigenvalue weighted by Crippen LogP contribution is -2.35. The van der Waals surface area contributed by atoms with Gasteiger partial charge in [0.15, 0.2) is 5.78 Å². The van der Waals surface area contributed by atoms with E-state index in [1.807, 2.05) is 38.1 Å². The van der Waals surface area contributed by atoms with Crippen molar-refractivity contribution in [2.45, 2.75) is 77.2 Å². The SMILES string of the molecule is CCOc1ccccc1[C@H]1C(C(=O)OC2CCCCC2)=C(C)NC2=C1C(=O)CCC2. The lowest BCUT2D eigenvalue weighted by Gasteiger charge is -2.35. The van der Waals surface area contributed by atoms with Crippen LogP contribution in [0.15, 0.2) is 46.8 Å². The van der Waals surface area contributed by atoms with Crippen molar-refractivity contribution in [2.75, 3.05) is 6.61 Å². The summed E-state index contributed by atoms with van der Waals surface area (Å²) in [7, 11) is 0. The fourth-order valence-corrected chi connectivity index (χ4v) is 4.97. The topological polar surface area (TPSA) is 64.6 Å². The molecule has 1 heterocycles. The molecule has 5 heteroatoms. The number of Topliss-reactive ketones (excluding diaryl/α,β-unsaturated/α-hetero) is 1. The fourth-order valence-electron chi connectivity index (χ4n) is 4.97. The van der Waals surface area contributed by atoms with E-state index in [-0.39, 0.29) is 17.9 Å². The van der Waals surface area contributed by atoms with Gasteiger partial charge in [-0.05, 0) is 58.4 Å². The number of carbonyl (C=O) groups is 2. The van der Waals surface area contributed by atoms with E-state index < -0.39 is 5.92 Å². The number of hydrogen-bond donors (Lipinski definition) is 1. The third-order valence-electron chi connectivity index (χ3n) is 6.35. The molecule has 0 saturated heterocycles. The Hall–Kier alpha value is -2.56. The molecule has 1 N–H and O–H groups in total. The van der Waals surface area contributed by atoms with Gasteiger partial charge in [-0.15, -0.1) is 0 Å². The van der Waals surface area contributed by atoms with Crippen LogP contribution in [0.4, 0.5) is 0 Å². The van der Waals surface area contributed by atoms with Crippen LogP contribution in [0.25, 0.3) is 0 Å². The van der Waals surface area contributed by atoms with Gasteiger partial charge in [0.2, 0.25) is 0 Å². The summed E-state index contributed by atoms with van der Waals surface area (Å²) in [4.78, 5) is 26.4. The standard InChI is InChI=1S/C25H31NO4/c1-3-29-21-15-8-7-12-18(21)23-22(25(28)30-17-10-5-4-6-11-17)16(2)26-19-13-9-14-20(27)24(19)23/h7-8,12,15,17,23,26H,3-6,9-11,13-14H2,1-2H3/t23-/m0/s1. The molecule has 0 aromatic heterocycles. The molecule has 1 aromatic rings. The van der Waals surface area contributed by atoms with Crippen LogP contribution in [0, 0.1) is 0 Å². The third kappa shape index (κ3) is 4.03. The fraction of sp³-hybridized carbons (Fsp3) is 0.520. The van der Waals surface area contributed by atoms with Crippen molar-refractivity contribution in [1.82, 2.24) is 5.32 Å². The maximum atomic E-state index is 13.4. The van der Waals surface area contributed by atoms with Crippen LogP contribution in [-0.2, 0) is 14.3 Å². The first-order valence-electron chi connectivity index (χ1n) is 11.3. The Morgan fingerprint density at radius 2 is 1.87 bits per heavy atom. The van der Waals surface area contributed by atoms with E-state index in [1.165, 1.54) is 6.42 Å². The second-order valence-corrected chi connectivity index (χ2v) is 8.40. The number of ether oxygens (including phenoxy) is 2. The molecule has 1 saturated carbocycles. The summed E-state index contributed by atoms with van der Waals surface area (Å²) < 4.78 is 11.8. The monoisotopic (exact) mass is 409 g/mol. The summed E-state index contributed by atoms with van der Waals surface area (Å²) in [6, 6.07) is 7.74. The maximum Gasteiger partial charge on any atom is 0.337 e. The van der Waals surface area contributed by atoms with Gasteiger partial charge in [0, 0.05) is 29.0 Å². The molecule has 5 nitrogen and oxygen atoms in total. The van der Waals surface area contributed by atoms with E-state index >= 15 is 0 Å². The quantitative estimate of drug-likeness (QED) is 0.699. The lowest BCUT2D eigenvalue weighted by molar-refractivity contribution is -0.146. The van der Waals surface area contributed by atoms with Crippen LogP contribution in [0.2, 0.25) is 0 Å². The number of allylic oxidation sites excluding steroid dienone is 3. The molecule has 0 spiro atoms. The van der Waals surface area contributed by atoms with Gasteiger partial charge in [-0.3, -0.25) is 4.79 Å². The number of ketones is 1. The van der Waals surface area contributed by atoms with Crippen molar-refractivity contribution < 1.29 is 19.1 Å². The number of para-hydroxylation sites is 1. The second-order valence-electron chi connectivity index (χ2n) is 8.40. The van der Waals surface area contributed by atoms with Crippen molar-refractivity contribution in [2.24, 2.45) is 0 Å². The Labute approximate surface area is 178 Å². The highest BCUT2D eigenvalue weighted by Crippen LogP contribution is 2.45. The zero-order valence-corrected chi connectivity index (χ0v) is 18.0. The third-order valence-corrected chi connectivity index (χ3v) is 6.35. The zero-order valence-electron chi connectivity index (χ0n) is 18.0. The predicted octanol–water partition coefficient (Wildman–Crippen LogP) is 4.93. The lowest BCUT2D eigenvalue weighted by atomic mass is 9.75. The summed E-state index contributed by atoms with van der Waals surface area (Å²) in [5.74, 6) is 0.0597. The van der Waals surface area contributed by atoms with Gasteiger partial charge >= 0.3 is 5.97 Å². The average molecular weight is 410 g/mol. The number of carbonyl (C=O) groups excluding carboxylic acids is 2. The van der Waals surface area contributed by atoms with Gasteiger partial charge in [0.1, 0.15) is 11.9 Å². The van der Waals surface area contributed by atoms with Crippen LogP contribution in [0.5, 0.6) is 5.75 Å². The molecule has 0 unspecified atom stereocenters. The van der Waals surface area contributed by atoms with Crippen molar-refractivity contribution in [3.8, 4) is 5.75 Å². The van der Waals surface area contributed by atoms with E-state index in [0.717, 1.165) is 55.5 Å². The second kappa shape index (κ2) is 9.07. The van der Waals surface area contributed by atoms with Gasteiger partial charge in [-0.2, -0.15) is 0 Å². The van der Waals surface area contributed by atoms with Crippen LogP contribution in [0.1, 0.15) is 76.7 Å². The molecule has 30 heavy (non-hydrogen) atoms. The predicted molar refractivity (Wildman–Crippen MR) is 115 cm³/mol. The van der Waals surface area contributed by atoms with Gasteiger partial charge in [0.25, 0.3) is 0 Å². The van der Waals surface area contributed by atoms with E-state index in [0.29, 0.717) is 29.9 Å². The Morgan fingerprint density at radius 3 is 2.63 bits per heavy atom. The number of esters is 1. The molecule has 1 aliphatic heterocycles. The first-order chi connectivity index (χ1) is 14.6. The number of hydrogen-bond acceptors (Lipinski definition) is 5. The number of dihydropyridines is 1.